The van der Waals surface area contributed by atoms with Crippen LogP contribution in [-0.4, -0.2) is 19.8 Å². The SMILES string of the molecule is COBO.c1cc2ccc1-2. The van der Waals surface area contributed by atoms with Gasteiger partial charge in [0.1, 0.15) is 0 Å². The van der Waals surface area contributed by atoms with Gasteiger partial charge in [-0.1, -0.05) is 24.3 Å². The van der Waals surface area contributed by atoms with Crippen LogP contribution in [0, 0.1) is 0 Å². The molecular weight excluding hydrogens is 127 g/mol. The molecule has 0 aromatic heterocycles. The predicted molar refractivity (Wildman–Crippen MR) is 41.8 cm³/mol. The van der Waals surface area contributed by atoms with E-state index in [-0.39, 0.29) is 7.69 Å². The summed E-state index contributed by atoms with van der Waals surface area (Å²) in [5, 5.41) is 7.65. The van der Waals surface area contributed by atoms with Gasteiger partial charge in [-0.3, -0.25) is 0 Å². The summed E-state index contributed by atoms with van der Waals surface area (Å²) in [7, 11) is 1.25. The van der Waals surface area contributed by atoms with Gasteiger partial charge in [-0.2, -0.15) is 0 Å². The zero-order valence-electron chi connectivity index (χ0n) is 5.87. The van der Waals surface area contributed by atoms with Gasteiger partial charge < -0.3 is 9.68 Å². The highest BCUT2D eigenvalue weighted by atomic mass is 16.5. The van der Waals surface area contributed by atoms with E-state index in [1.54, 1.807) is 0 Å². The van der Waals surface area contributed by atoms with Crippen LogP contribution in [-0.2, 0) is 4.65 Å². The maximum atomic E-state index is 7.65. The molecule has 52 valence electrons. The van der Waals surface area contributed by atoms with Gasteiger partial charge in [0.2, 0.25) is 0 Å². The Balaban J connectivity index is 0.000000112. The van der Waals surface area contributed by atoms with Crippen molar-refractivity contribution in [2.24, 2.45) is 0 Å². The summed E-state index contributed by atoms with van der Waals surface area (Å²) in [4.78, 5) is 0. The fourth-order valence-electron chi connectivity index (χ4n) is 0.663. The summed E-state index contributed by atoms with van der Waals surface area (Å²) in [6.45, 7) is 0. The molecule has 0 bridgehead atoms. The summed E-state index contributed by atoms with van der Waals surface area (Å²) in [6, 6.07) is 8.48. The standard InChI is InChI=1S/C6H4.CH5BO2/c1-2-6-4-3-5(1)6;1-4-2-3/h1-4H;2-3H,1H3. The molecule has 0 amide bonds. The minimum atomic E-state index is -0.181. The molecule has 3 heteroatoms. The van der Waals surface area contributed by atoms with Crippen LogP contribution in [0.5, 0.6) is 0 Å². The van der Waals surface area contributed by atoms with Crippen LogP contribution in [0.25, 0.3) is 11.1 Å². The average molecular weight is 136 g/mol. The van der Waals surface area contributed by atoms with Gasteiger partial charge in [-0.25, -0.2) is 0 Å². The third kappa shape index (κ3) is 1.37. The summed E-state index contributed by atoms with van der Waals surface area (Å²) < 4.78 is 4.10. The van der Waals surface area contributed by atoms with E-state index in [0.717, 1.165) is 0 Å². The Morgan fingerprint density at radius 2 is 1.50 bits per heavy atom. The fourth-order valence-corrected chi connectivity index (χ4v) is 0.663. The topological polar surface area (TPSA) is 29.5 Å². The van der Waals surface area contributed by atoms with Gasteiger partial charge >= 0.3 is 7.69 Å². The Morgan fingerprint density at radius 1 is 1.20 bits per heavy atom. The second-order valence-corrected chi connectivity index (χ2v) is 2.00. The molecule has 0 aromatic rings. The first kappa shape index (κ1) is 7.31. The third-order valence-corrected chi connectivity index (χ3v) is 1.35. The molecule has 0 radical (unpaired) electrons. The molecule has 2 rings (SSSR count). The van der Waals surface area contributed by atoms with E-state index >= 15 is 0 Å². The van der Waals surface area contributed by atoms with Crippen molar-refractivity contribution in [2.75, 3.05) is 7.11 Å². The largest absolute Gasteiger partial charge is 0.435 e. The molecule has 0 atom stereocenters. The predicted octanol–water partition coefficient (Wildman–Crippen LogP) is 0.559. The van der Waals surface area contributed by atoms with Crippen molar-refractivity contribution in [3.05, 3.63) is 24.3 Å². The van der Waals surface area contributed by atoms with Crippen LogP contribution in [0.1, 0.15) is 0 Å². The normalized spacial score (nSPS) is 9.40. The first-order chi connectivity index (χ1) is 4.88. The van der Waals surface area contributed by atoms with Gasteiger partial charge in [0.25, 0.3) is 0 Å². The van der Waals surface area contributed by atoms with Crippen LogP contribution in [0.3, 0.4) is 0 Å². The van der Waals surface area contributed by atoms with E-state index in [4.69, 9.17) is 5.02 Å². The van der Waals surface area contributed by atoms with Crippen molar-refractivity contribution >= 4 is 7.69 Å². The van der Waals surface area contributed by atoms with Crippen molar-refractivity contribution in [2.45, 2.75) is 0 Å². The van der Waals surface area contributed by atoms with Crippen LogP contribution < -0.4 is 0 Å². The summed E-state index contributed by atoms with van der Waals surface area (Å²) in [5.41, 5.74) is 2.85. The second kappa shape index (κ2) is 3.39. The van der Waals surface area contributed by atoms with E-state index in [0.29, 0.717) is 0 Å². The Kier molecular flexibility index (Phi) is 2.48. The Bertz CT molecular complexity index is 172. The molecule has 10 heavy (non-hydrogen) atoms. The van der Waals surface area contributed by atoms with Crippen molar-refractivity contribution in [3.8, 4) is 11.1 Å². The number of hydrogen-bond acceptors (Lipinski definition) is 2. The minimum absolute atomic E-state index is 0.181. The third-order valence-electron chi connectivity index (χ3n) is 1.35. The molecule has 0 fully saturated rings. The van der Waals surface area contributed by atoms with Gasteiger partial charge in [-0.15, -0.1) is 0 Å². The molecule has 0 aromatic carbocycles. The fraction of sp³-hybridized carbons (Fsp3) is 0.143. The van der Waals surface area contributed by atoms with Crippen LogP contribution in [0.4, 0.5) is 0 Å². The van der Waals surface area contributed by atoms with E-state index < -0.39 is 0 Å². The summed E-state index contributed by atoms with van der Waals surface area (Å²) in [6.07, 6.45) is 0. The first-order valence-corrected chi connectivity index (χ1v) is 3.08. The van der Waals surface area contributed by atoms with E-state index in [1.165, 1.54) is 18.2 Å². The molecule has 2 aliphatic rings. The molecular formula is C7H9BO2. The molecule has 1 N–H and O–H groups in total. The molecule has 0 unspecified atom stereocenters. The lowest BCUT2D eigenvalue weighted by Crippen LogP contribution is -1.86. The van der Waals surface area contributed by atoms with E-state index in [2.05, 4.69) is 28.9 Å². The quantitative estimate of drug-likeness (QED) is 0.580. The summed E-state index contributed by atoms with van der Waals surface area (Å²) >= 11 is 0. The van der Waals surface area contributed by atoms with E-state index in [1.807, 2.05) is 0 Å². The molecule has 2 nitrogen and oxygen atoms in total. The highest BCUT2D eigenvalue weighted by Crippen LogP contribution is 2.29. The maximum absolute atomic E-state index is 7.65. The Hall–Kier alpha value is -0.795. The maximum Gasteiger partial charge on any atom is 0.435 e. The molecule has 0 saturated heterocycles. The van der Waals surface area contributed by atoms with Crippen molar-refractivity contribution in [1.82, 2.24) is 0 Å². The monoisotopic (exact) mass is 136 g/mol. The van der Waals surface area contributed by atoms with Gasteiger partial charge in [0.05, 0.1) is 0 Å². The average Bonchev–Trinajstić information content (AvgIpc) is 1.97. The Labute approximate surface area is 60.8 Å². The summed E-state index contributed by atoms with van der Waals surface area (Å²) in [5.74, 6) is 0. The zero-order chi connectivity index (χ0) is 7.40. The number of hydrogen-bond donors (Lipinski definition) is 1. The number of fused-ring (bicyclic) bond motifs is 1. The number of benzene rings is 1. The lowest BCUT2D eigenvalue weighted by molar-refractivity contribution is 0.360. The molecule has 2 aliphatic carbocycles. The van der Waals surface area contributed by atoms with Crippen molar-refractivity contribution < 1.29 is 9.68 Å². The second-order valence-electron chi connectivity index (χ2n) is 2.00. The Morgan fingerprint density at radius 3 is 1.50 bits per heavy atom. The molecule has 0 aliphatic heterocycles. The zero-order valence-corrected chi connectivity index (χ0v) is 5.87. The van der Waals surface area contributed by atoms with Crippen LogP contribution in [0.2, 0.25) is 0 Å². The lowest BCUT2D eigenvalue weighted by Gasteiger charge is -2.10. The van der Waals surface area contributed by atoms with Crippen LogP contribution >= 0.6 is 0 Å². The van der Waals surface area contributed by atoms with Gasteiger partial charge in [0.15, 0.2) is 0 Å². The lowest BCUT2D eigenvalue weighted by atomic mass is 9.95. The molecule has 0 heterocycles. The highest BCUT2D eigenvalue weighted by molar-refractivity contribution is 6.15. The first-order valence-electron chi connectivity index (χ1n) is 3.08. The van der Waals surface area contributed by atoms with Crippen molar-refractivity contribution in [3.63, 3.8) is 0 Å². The minimum Gasteiger partial charge on any atom is -0.430 e. The van der Waals surface area contributed by atoms with Crippen LogP contribution in [0.15, 0.2) is 24.3 Å². The van der Waals surface area contributed by atoms with Crippen molar-refractivity contribution in [1.29, 1.82) is 0 Å². The number of rotatable bonds is 1. The smallest absolute Gasteiger partial charge is 0.430 e. The highest BCUT2D eigenvalue weighted by Gasteiger charge is 2.03. The van der Waals surface area contributed by atoms with E-state index in [9.17, 15) is 0 Å². The van der Waals surface area contributed by atoms with Gasteiger partial charge in [-0.05, 0) is 11.1 Å². The van der Waals surface area contributed by atoms with Gasteiger partial charge in [0, 0.05) is 7.11 Å². The molecule has 0 spiro atoms. The molecule has 0 saturated carbocycles.